The van der Waals surface area contributed by atoms with Gasteiger partial charge in [-0.15, -0.1) is 5.10 Å². The van der Waals surface area contributed by atoms with Gasteiger partial charge in [0, 0.05) is 18.2 Å². The molecule has 1 saturated heterocycles. The van der Waals surface area contributed by atoms with Crippen molar-refractivity contribution in [1.82, 2.24) is 35.6 Å². The molecule has 3 aromatic rings. The van der Waals surface area contributed by atoms with Crippen LogP contribution in [0.2, 0.25) is 0 Å². The van der Waals surface area contributed by atoms with Crippen molar-refractivity contribution in [2.24, 2.45) is 5.10 Å². The number of likely N-dealkylation sites (tertiary alicyclic amines) is 1. The molecule has 0 bridgehead atoms. The van der Waals surface area contributed by atoms with Gasteiger partial charge in [0.15, 0.2) is 11.4 Å². The predicted molar refractivity (Wildman–Crippen MR) is 122 cm³/mol. The molecule has 35 heavy (non-hydrogen) atoms. The first-order valence-electron chi connectivity index (χ1n) is 10.8. The third kappa shape index (κ3) is 5.08. The fourth-order valence-electron chi connectivity index (χ4n) is 3.77. The minimum absolute atomic E-state index is 0.0269. The molecule has 0 atom stereocenters. The van der Waals surface area contributed by atoms with Crippen LogP contribution in [0.5, 0.6) is 5.75 Å². The molecule has 2 aromatic heterocycles. The maximum absolute atomic E-state index is 13.2. The molecule has 3 heterocycles. The van der Waals surface area contributed by atoms with Gasteiger partial charge in [0.1, 0.15) is 5.69 Å². The number of methoxy groups -OCH3 is 1. The van der Waals surface area contributed by atoms with Crippen molar-refractivity contribution in [3.63, 3.8) is 0 Å². The van der Waals surface area contributed by atoms with Crippen LogP contribution in [0, 0.1) is 10.1 Å². The minimum atomic E-state index is -0.619. The first-order valence-corrected chi connectivity index (χ1v) is 10.8. The zero-order chi connectivity index (χ0) is 24.9. The Morgan fingerprint density at radius 3 is 2.74 bits per heavy atom. The van der Waals surface area contributed by atoms with E-state index in [0.717, 1.165) is 37.0 Å². The van der Waals surface area contributed by atoms with Gasteiger partial charge in [-0.3, -0.25) is 19.8 Å². The molecule has 1 aromatic carbocycles. The zero-order valence-electron chi connectivity index (χ0n) is 19.2. The van der Waals surface area contributed by atoms with E-state index in [-0.39, 0.29) is 28.8 Å². The van der Waals surface area contributed by atoms with Crippen molar-refractivity contribution in [3.05, 3.63) is 45.3 Å². The van der Waals surface area contributed by atoms with E-state index in [0.29, 0.717) is 23.5 Å². The maximum Gasteiger partial charge on any atom is 0.311 e. The van der Waals surface area contributed by atoms with Gasteiger partial charge in [-0.1, -0.05) is 11.6 Å². The summed E-state index contributed by atoms with van der Waals surface area (Å²) in [7, 11) is 1.35. The first kappa shape index (κ1) is 23.7. The summed E-state index contributed by atoms with van der Waals surface area (Å²) < 4.78 is 10.8. The van der Waals surface area contributed by atoms with Crippen LogP contribution in [0.25, 0.3) is 5.82 Å². The second-order valence-electron chi connectivity index (χ2n) is 7.89. The van der Waals surface area contributed by atoms with E-state index >= 15 is 0 Å². The Labute approximate surface area is 199 Å². The van der Waals surface area contributed by atoms with Crippen molar-refractivity contribution < 1.29 is 19.1 Å². The van der Waals surface area contributed by atoms with E-state index in [1.807, 2.05) is 0 Å². The van der Waals surface area contributed by atoms with E-state index in [4.69, 9.17) is 10.5 Å². The molecule has 184 valence electrons. The number of ether oxygens (including phenoxy) is 1. The Morgan fingerprint density at radius 1 is 1.31 bits per heavy atom. The summed E-state index contributed by atoms with van der Waals surface area (Å²) in [5.74, 6) is -0.531. The van der Waals surface area contributed by atoms with E-state index in [1.165, 1.54) is 19.2 Å². The van der Waals surface area contributed by atoms with Crippen LogP contribution >= 0.6 is 0 Å². The fraction of sp³-hybridized carbons (Fsp3) is 0.400. The standard InChI is InChI=1S/C20H24N10O5/c1-12(13-6-7-16(34-2)15(10-13)30(32)33)22-24-20(31)17-14(11-28-8-4-3-5-9-28)23-27-29(17)19-18(21)25-35-26-19/h6-7,10H,3-5,8-9,11H2,1-2H3,(H2,21,25)(H,24,31)/b22-12+. The highest BCUT2D eigenvalue weighted by Crippen LogP contribution is 2.27. The van der Waals surface area contributed by atoms with Gasteiger partial charge in [-0.2, -0.15) is 9.78 Å². The van der Waals surface area contributed by atoms with Crippen molar-refractivity contribution in [1.29, 1.82) is 0 Å². The van der Waals surface area contributed by atoms with E-state index in [9.17, 15) is 14.9 Å². The molecule has 1 fully saturated rings. The van der Waals surface area contributed by atoms with Crippen LogP contribution in [0.3, 0.4) is 0 Å². The summed E-state index contributed by atoms with van der Waals surface area (Å²) in [5.41, 5.74) is 9.32. The third-order valence-corrected chi connectivity index (χ3v) is 5.59. The number of aromatic nitrogens is 5. The lowest BCUT2D eigenvalue weighted by Crippen LogP contribution is -2.31. The molecule has 3 N–H and O–H groups in total. The largest absolute Gasteiger partial charge is 0.490 e. The number of nitro benzene ring substituents is 1. The number of amides is 1. The summed E-state index contributed by atoms with van der Waals surface area (Å²) in [6.07, 6.45) is 3.29. The van der Waals surface area contributed by atoms with Gasteiger partial charge < -0.3 is 10.5 Å². The summed E-state index contributed by atoms with van der Waals surface area (Å²) in [4.78, 5) is 26.2. The molecule has 0 radical (unpaired) electrons. The Hall–Kier alpha value is -4.40. The van der Waals surface area contributed by atoms with Crippen molar-refractivity contribution in [2.45, 2.75) is 32.7 Å². The van der Waals surface area contributed by atoms with Gasteiger partial charge in [-0.05, 0) is 55.3 Å². The molecule has 1 amide bonds. The van der Waals surface area contributed by atoms with Gasteiger partial charge in [0.05, 0.1) is 17.7 Å². The summed E-state index contributed by atoms with van der Waals surface area (Å²) in [6.45, 7) is 3.78. The maximum atomic E-state index is 13.2. The first-order chi connectivity index (χ1) is 16.9. The van der Waals surface area contributed by atoms with E-state index < -0.39 is 10.8 Å². The normalized spacial score (nSPS) is 14.6. The third-order valence-electron chi connectivity index (χ3n) is 5.59. The number of carbonyl (C=O) groups excluding carboxylic acids is 1. The number of hydrazone groups is 1. The van der Waals surface area contributed by atoms with Crippen LogP contribution in [0.1, 0.15) is 47.9 Å². The SMILES string of the molecule is COc1ccc(/C(C)=N/NC(=O)c2c(CN3CCCCC3)nnn2-c2nonc2N)cc1[N+](=O)[O-]. The van der Waals surface area contributed by atoms with E-state index in [1.54, 1.807) is 13.0 Å². The number of benzene rings is 1. The highest BCUT2D eigenvalue weighted by atomic mass is 16.6. The Bertz CT molecular complexity index is 1260. The molecule has 0 aliphatic carbocycles. The fourth-order valence-corrected chi connectivity index (χ4v) is 3.77. The molecular formula is C20H24N10O5. The minimum Gasteiger partial charge on any atom is -0.490 e. The Kier molecular flexibility index (Phi) is 6.96. The molecule has 0 spiro atoms. The number of anilines is 1. The number of hydrogen-bond donors (Lipinski definition) is 2. The number of rotatable bonds is 8. The number of hydrogen-bond acceptors (Lipinski definition) is 12. The number of nitrogens with zero attached hydrogens (tertiary/aromatic N) is 8. The van der Waals surface area contributed by atoms with Gasteiger partial charge in [0.25, 0.3) is 5.91 Å². The Morgan fingerprint density at radius 2 is 2.09 bits per heavy atom. The lowest BCUT2D eigenvalue weighted by atomic mass is 10.1. The zero-order valence-corrected chi connectivity index (χ0v) is 19.2. The number of nitro groups is 1. The van der Waals surface area contributed by atoms with Gasteiger partial charge in [-0.25, -0.2) is 10.1 Å². The summed E-state index contributed by atoms with van der Waals surface area (Å²) >= 11 is 0. The van der Waals surface area contributed by atoms with Crippen molar-refractivity contribution >= 4 is 23.1 Å². The van der Waals surface area contributed by atoms with Gasteiger partial charge >= 0.3 is 5.69 Å². The van der Waals surface area contributed by atoms with Crippen LogP contribution in [0.4, 0.5) is 11.5 Å². The lowest BCUT2D eigenvalue weighted by molar-refractivity contribution is -0.385. The number of carbonyl (C=O) groups is 1. The Balaban J connectivity index is 1.62. The van der Waals surface area contributed by atoms with Crippen LogP contribution in [-0.2, 0) is 6.54 Å². The quantitative estimate of drug-likeness (QED) is 0.266. The summed E-state index contributed by atoms with van der Waals surface area (Å²) in [6, 6.07) is 4.38. The number of nitrogens with two attached hydrogens (primary N) is 1. The average molecular weight is 484 g/mol. The highest BCUT2D eigenvalue weighted by Gasteiger charge is 2.27. The monoisotopic (exact) mass is 484 g/mol. The van der Waals surface area contributed by atoms with Gasteiger partial charge in [0.2, 0.25) is 11.6 Å². The molecule has 0 saturated carbocycles. The second-order valence-corrected chi connectivity index (χ2v) is 7.89. The molecule has 15 nitrogen and oxygen atoms in total. The molecule has 1 aliphatic heterocycles. The lowest BCUT2D eigenvalue weighted by Gasteiger charge is -2.25. The second kappa shape index (κ2) is 10.3. The topological polar surface area (TPSA) is 193 Å². The predicted octanol–water partition coefficient (Wildman–Crippen LogP) is 1.29. The smallest absolute Gasteiger partial charge is 0.311 e. The highest BCUT2D eigenvalue weighted by molar-refractivity contribution is 6.01. The number of nitrogen functional groups attached to an aromatic ring is 1. The van der Waals surface area contributed by atoms with Crippen molar-refractivity contribution in [2.75, 3.05) is 25.9 Å². The van der Waals surface area contributed by atoms with Crippen LogP contribution < -0.4 is 15.9 Å². The van der Waals surface area contributed by atoms with Crippen LogP contribution in [0.15, 0.2) is 27.9 Å². The average Bonchev–Trinajstić information content (AvgIpc) is 3.48. The summed E-state index contributed by atoms with van der Waals surface area (Å²) in [5, 5.41) is 30.9. The molecule has 15 heteroatoms. The molecule has 4 rings (SSSR count). The molecule has 0 unspecified atom stereocenters. The number of piperidine rings is 1. The van der Waals surface area contributed by atoms with Crippen LogP contribution in [-0.4, -0.2) is 66.9 Å². The molecule has 1 aliphatic rings. The van der Waals surface area contributed by atoms with Crippen molar-refractivity contribution in [3.8, 4) is 11.6 Å². The number of nitrogens with one attached hydrogen (secondary N) is 1. The molecular weight excluding hydrogens is 460 g/mol. The van der Waals surface area contributed by atoms with E-state index in [2.05, 4.69) is 40.7 Å².